The number of ketones is 2. The van der Waals surface area contributed by atoms with E-state index >= 15 is 0 Å². The van der Waals surface area contributed by atoms with Crippen LogP contribution in [-0.4, -0.2) is 31.1 Å². The van der Waals surface area contributed by atoms with Crippen LogP contribution in [0, 0.1) is 20.2 Å². The lowest BCUT2D eigenvalue weighted by molar-refractivity contribution is -0.393. The molecule has 0 bridgehead atoms. The molecule has 0 saturated carbocycles. The Kier molecular flexibility index (Phi) is 5.39. The Morgan fingerprint density at radius 2 is 1.71 bits per heavy atom. The second kappa shape index (κ2) is 7.39. The van der Waals surface area contributed by atoms with Crippen LogP contribution in [-0.2, 0) is 16.6 Å². The van der Waals surface area contributed by atoms with Crippen molar-refractivity contribution < 1.29 is 24.5 Å². The molecule has 11 heteroatoms. The normalized spacial score (nSPS) is 11.8. The molecule has 0 radical (unpaired) electrons. The molecule has 2 rings (SSSR count). The highest BCUT2D eigenvalue weighted by Gasteiger charge is 2.27. The molecule has 1 N–H and O–H groups in total. The number of aliphatic hydroxyl groups excluding tert-OH is 1. The number of allylic oxidation sites excluding steroid dienone is 2. The number of hydrogen-bond donors (Lipinski definition) is 1. The second-order valence-corrected chi connectivity index (χ2v) is 6.09. The number of benzene rings is 1. The first kappa shape index (κ1) is 20.4. The Balaban J connectivity index is 3.14. The van der Waals surface area contributed by atoms with E-state index in [0.717, 1.165) is 23.6 Å². The molecule has 0 atom stereocenters. The van der Waals surface area contributed by atoms with E-state index < -0.39 is 56.1 Å². The van der Waals surface area contributed by atoms with Crippen LogP contribution in [0.25, 0.3) is 16.5 Å². The fraction of sp³-hybridized carbons (Fsp3) is 0.235. The van der Waals surface area contributed by atoms with E-state index in [1.54, 1.807) is 0 Å². The summed E-state index contributed by atoms with van der Waals surface area (Å²) in [5, 5.41) is 32.7. The molecule has 0 spiro atoms. The summed E-state index contributed by atoms with van der Waals surface area (Å²) >= 11 is 0. The Morgan fingerprint density at radius 1 is 1.11 bits per heavy atom. The van der Waals surface area contributed by atoms with Crippen molar-refractivity contribution in [2.45, 2.75) is 20.3 Å². The fourth-order valence-electron chi connectivity index (χ4n) is 2.89. The van der Waals surface area contributed by atoms with Gasteiger partial charge in [0.1, 0.15) is 17.1 Å². The molecule has 0 saturated heterocycles. The van der Waals surface area contributed by atoms with Crippen LogP contribution in [0.3, 0.4) is 0 Å². The summed E-state index contributed by atoms with van der Waals surface area (Å²) in [5.74, 6) is -1.83. The minimum Gasteiger partial charge on any atom is -0.511 e. The van der Waals surface area contributed by atoms with Crippen molar-refractivity contribution >= 4 is 39.4 Å². The maximum Gasteiger partial charge on any atom is 0.300 e. The number of aryl methyl sites for hydroxylation is 1. The number of aromatic nitrogens is 1. The van der Waals surface area contributed by atoms with Crippen LogP contribution in [0.15, 0.2) is 28.8 Å². The van der Waals surface area contributed by atoms with Crippen molar-refractivity contribution in [2.24, 2.45) is 7.05 Å². The van der Waals surface area contributed by atoms with E-state index in [9.17, 15) is 39.7 Å². The van der Waals surface area contributed by atoms with Gasteiger partial charge in [-0.3, -0.25) is 34.6 Å². The largest absolute Gasteiger partial charge is 0.511 e. The van der Waals surface area contributed by atoms with Gasteiger partial charge in [0, 0.05) is 30.1 Å². The predicted molar refractivity (Wildman–Crippen MR) is 98.0 cm³/mol. The molecule has 0 aliphatic rings. The van der Waals surface area contributed by atoms with E-state index in [0.29, 0.717) is 6.07 Å². The maximum atomic E-state index is 12.3. The summed E-state index contributed by atoms with van der Waals surface area (Å²) < 4.78 is 0.917. The fourth-order valence-corrected chi connectivity index (χ4v) is 2.89. The van der Waals surface area contributed by atoms with Gasteiger partial charge in [-0.05, 0) is 13.8 Å². The van der Waals surface area contributed by atoms with Crippen LogP contribution < -0.4 is 5.56 Å². The Hall–Kier alpha value is -3.89. The Morgan fingerprint density at radius 3 is 2.18 bits per heavy atom. The minimum absolute atomic E-state index is 0.150. The molecular weight excluding hydrogens is 374 g/mol. The number of hydrogen-bond acceptors (Lipinski definition) is 8. The maximum absolute atomic E-state index is 12.3. The molecule has 11 nitrogen and oxygen atoms in total. The van der Waals surface area contributed by atoms with E-state index in [2.05, 4.69) is 0 Å². The first-order valence-corrected chi connectivity index (χ1v) is 7.85. The van der Waals surface area contributed by atoms with Gasteiger partial charge in [0.2, 0.25) is 0 Å². The summed E-state index contributed by atoms with van der Waals surface area (Å²) in [4.78, 5) is 56.7. The van der Waals surface area contributed by atoms with Crippen LogP contribution in [0.5, 0.6) is 0 Å². The molecule has 146 valence electrons. The third-order valence-corrected chi connectivity index (χ3v) is 4.03. The Bertz CT molecular complexity index is 1140. The summed E-state index contributed by atoms with van der Waals surface area (Å²) in [7, 11) is 1.24. The van der Waals surface area contributed by atoms with Crippen molar-refractivity contribution in [3.8, 4) is 0 Å². The van der Waals surface area contributed by atoms with Gasteiger partial charge in [-0.1, -0.05) is 0 Å². The van der Waals surface area contributed by atoms with Gasteiger partial charge >= 0.3 is 0 Å². The number of carbonyl (C=O) groups is 2. The van der Waals surface area contributed by atoms with Crippen molar-refractivity contribution in [1.82, 2.24) is 4.57 Å². The zero-order valence-corrected chi connectivity index (χ0v) is 15.1. The number of fused-ring (bicyclic) bond motifs is 1. The third kappa shape index (κ3) is 3.63. The highest BCUT2D eigenvalue weighted by molar-refractivity contribution is 6.23. The van der Waals surface area contributed by atoms with Crippen molar-refractivity contribution in [1.29, 1.82) is 0 Å². The average Bonchev–Trinajstić information content (AvgIpc) is 2.57. The number of Topliss-reactive ketones (excluding diaryl/α,β-unsaturated/α-hetero) is 2. The number of nitrogens with zero attached hydrogens (tertiary/aromatic N) is 3. The van der Waals surface area contributed by atoms with Gasteiger partial charge in [0.15, 0.2) is 5.78 Å². The van der Waals surface area contributed by atoms with Gasteiger partial charge in [0.05, 0.1) is 27.9 Å². The molecule has 0 aliphatic carbocycles. The summed E-state index contributed by atoms with van der Waals surface area (Å²) in [6, 6.07) is 2.61. The molecule has 2 aromatic rings. The Labute approximate surface area is 156 Å². The number of nitro benzene ring substituents is 2. The number of non-ortho nitro benzene ring substituents is 2. The predicted octanol–water partition coefficient (Wildman–Crippen LogP) is 2.19. The van der Waals surface area contributed by atoms with E-state index in [-0.39, 0.29) is 16.5 Å². The van der Waals surface area contributed by atoms with Gasteiger partial charge < -0.3 is 9.67 Å². The number of aliphatic hydroxyl groups is 1. The summed E-state index contributed by atoms with van der Waals surface area (Å²) in [6.45, 7) is 2.24. The lowest BCUT2D eigenvalue weighted by atomic mass is 9.95. The van der Waals surface area contributed by atoms with Crippen LogP contribution >= 0.6 is 0 Å². The zero-order chi connectivity index (χ0) is 21.3. The van der Waals surface area contributed by atoms with Crippen LogP contribution in [0.1, 0.15) is 25.8 Å². The highest BCUT2D eigenvalue weighted by atomic mass is 16.6. The van der Waals surface area contributed by atoms with Gasteiger partial charge in [-0.15, -0.1) is 0 Å². The number of nitro groups is 2. The molecular formula is C17H15N3O8. The topological polar surface area (TPSA) is 163 Å². The first-order chi connectivity index (χ1) is 13.0. The van der Waals surface area contributed by atoms with Crippen molar-refractivity contribution in [3.05, 3.63) is 60.1 Å². The molecule has 0 aliphatic heterocycles. The van der Waals surface area contributed by atoms with Gasteiger partial charge in [-0.25, -0.2) is 0 Å². The molecule has 0 unspecified atom stereocenters. The average molecular weight is 389 g/mol. The van der Waals surface area contributed by atoms with E-state index in [1.165, 1.54) is 14.0 Å². The number of pyridine rings is 1. The monoisotopic (exact) mass is 389 g/mol. The standard InChI is InChI=1S/C17H15N3O8/c1-8(21)4-14(23)16(9(2)22)11-7-15(24)18(3)17-12(11)5-10(19(25)26)6-13(17)20(27)28/h5-7,23H,4H2,1-3H3/b16-14+. The lowest BCUT2D eigenvalue weighted by Crippen LogP contribution is -2.19. The van der Waals surface area contributed by atoms with Gasteiger partial charge in [0.25, 0.3) is 16.9 Å². The molecule has 28 heavy (non-hydrogen) atoms. The smallest absolute Gasteiger partial charge is 0.300 e. The number of carbonyl (C=O) groups excluding carboxylic acids is 2. The minimum atomic E-state index is -0.884. The van der Waals surface area contributed by atoms with E-state index in [1.807, 2.05) is 0 Å². The van der Waals surface area contributed by atoms with Crippen LogP contribution in [0.2, 0.25) is 0 Å². The molecule has 0 fully saturated rings. The SMILES string of the molecule is CC(=O)C/C(O)=C(/C(C)=O)c1cc(=O)n(C)c2c([N+](=O)[O-])cc([N+](=O)[O-])cc12. The summed E-state index contributed by atoms with van der Waals surface area (Å²) in [5.41, 5.74) is -2.97. The first-order valence-electron chi connectivity index (χ1n) is 7.85. The zero-order valence-electron chi connectivity index (χ0n) is 15.1. The summed E-state index contributed by atoms with van der Waals surface area (Å²) in [6.07, 6.45) is -0.511. The highest BCUT2D eigenvalue weighted by Crippen LogP contribution is 2.35. The third-order valence-electron chi connectivity index (χ3n) is 4.03. The van der Waals surface area contributed by atoms with Crippen molar-refractivity contribution in [2.75, 3.05) is 0 Å². The molecule has 1 aromatic carbocycles. The van der Waals surface area contributed by atoms with Crippen LogP contribution in [0.4, 0.5) is 11.4 Å². The number of rotatable bonds is 6. The van der Waals surface area contributed by atoms with Crippen molar-refractivity contribution in [3.63, 3.8) is 0 Å². The van der Waals surface area contributed by atoms with E-state index in [4.69, 9.17) is 0 Å². The molecule has 1 heterocycles. The molecule has 0 amide bonds. The molecule has 1 aromatic heterocycles. The lowest BCUT2D eigenvalue weighted by Gasteiger charge is -2.13. The second-order valence-electron chi connectivity index (χ2n) is 6.09. The van der Waals surface area contributed by atoms with Gasteiger partial charge in [-0.2, -0.15) is 0 Å². The quantitative estimate of drug-likeness (QED) is 0.340.